The molecule has 1 saturated carbocycles. The maximum absolute atomic E-state index is 11.8. The van der Waals surface area contributed by atoms with Gasteiger partial charge in [-0.3, -0.25) is 4.79 Å². The minimum absolute atomic E-state index is 0.0509. The van der Waals surface area contributed by atoms with E-state index < -0.39 is 0 Å². The maximum Gasteiger partial charge on any atom is 0.253 e. The number of nitrogens with one attached hydrogen (secondary N) is 1. The van der Waals surface area contributed by atoms with Crippen LogP contribution >= 0.6 is 0 Å². The number of nitrogens with two attached hydrogens (primary N) is 1. The second-order valence-corrected chi connectivity index (χ2v) is 4.45. The second-order valence-electron chi connectivity index (χ2n) is 4.45. The first kappa shape index (κ1) is 11.0. The molecule has 0 heterocycles. The van der Waals surface area contributed by atoms with Crippen LogP contribution in [-0.2, 0) is 0 Å². The summed E-state index contributed by atoms with van der Waals surface area (Å²) in [4.78, 5) is 11.8. The van der Waals surface area contributed by atoms with Gasteiger partial charge in [0, 0.05) is 12.2 Å². The van der Waals surface area contributed by atoms with E-state index in [2.05, 4.69) is 5.32 Å². The number of rotatable bonds is 3. The van der Waals surface area contributed by atoms with Crippen molar-refractivity contribution in [2.75, 3.05) is 12.3 Å². The SMILES string of the molecule is Nc1ccccc1C(=O)NCC1CCCC1. The van der Waals surface area contributed by atoms with Gasteiger partial charge in [0.2, 0.25) is 0 Å². The smallest absolute Gasteiger partial charge is 0.253 e. The first-order valence-electron chi connectivity index (χ1n) is 5.90. The molecule has 3 N–H and O–H groups in total. The van der Waals surface area contributed by atoms with Crippen LogP contribution in [0.4, 0.5) is 5.69 Å². The zero-order valence-corrected chi connectivity index (χ0v) is 9.41. The Balaban J connectivity index is 1.90. The Morgan fingerprint density at radius 2 is 2.00 bits per heavy atom. The summed E-state index contributed by atoms with van der Waals surface area (Å²) < 4.78 is 0. The lowest BCUT2D eigenvalue weighted by atomic mass is 10.1. The van der Waals surface area contributed by atoms with Crippen LogP contribution in [0.25, 0.3) is 0 Å². The van der Waals surface area contributed by atoms with Crippen molar-refractivity contribution in [3.05, 3.63) is 29.8 Å². The molecule has 0 atom stereocenters. The highest BCUT2D eigenvalue weighted by Crippen LogP contribution is 2.23. The number of carbonyl (C=O) groups excluding carboxylic acids is 1. The molecule has 1 aliphatic rings. The molecule has 1 amide bonds. The second kappa shape index (κ2) is 5.01. The van der Waals surface area contributed by atoms with Crippen molar-refractivity contribution < 1.29 is 4.79 Å². The van der Waals surface area contributed by atoms with Crippen LogP contribution in [0.2, 0.25) is 0 Å². The fourth-order valence-corrected chi connectivity index (χ4v) is 2.25. The molecule has 0 radical (unpaired) electrons. The van der Waals surface area contributed by atoms with Gasteiger partial charge in [-0.2, -0.15) is 0 Å². The number of para-hydroxylation sites is 1. The summed E-state index contributed by atoms with van der Waals surface area (Å²) in [6.07, 6.45) is 5.08. The lowest BCUT2D eigenvalue weighted by molar-refractivity contribution is 0.0948. The van der Waals surface area contributed by atoms with Crippen LogP contribution in [0, 0.1) is 5.92 Å². The third-order valence-electron chi connectivity index (χ3n) is 3.23. The van der Waals surface area contributed by atoms with Crippen LogP contribution in [0.15, 0.2) is 24.3 Å². The van der Waals surface area contributed by atoms with Gasteiger partial charge < -0.3 is 11.1 Å². The number of benzene rings is 1. The van der Waals surface area contributed by atoms with Crippen LogP contribution in [0.3, 0.4) is 0 Å². The van der Waals surface area contributed by atoms with Gasteiger partial charge in [-0.05, 0) is 30.9 Å². The summed E-state index contributed by atoms with van der Waals surface area (Å²) in [6, 6.07) is 7.19. The first-order valence-corrected chi connectivity index (χ1v) is 5.90. The molecule has 0 spiro atoms. The summed E-state index contributed by atoms with van der Waals surface area (Å²) in [7, 11) is 0. The average molecular weight is 218 g/mol. The molecule has 1 aliphatic carbocycles. The molecule has 2 rings (SSSR count). The van der Waals surface area contributed by atoms with Gasteiger partial charge in [0.25, 0.3) is 5.91 Å². The van der Waals surface area contributed by atoms with Crippen LogP contribution in [-0.4, -0.2) is 12.5 Å². The maximum atomic E-state index is 11.8. The van der Waals surface area contributed by atoms with E-state index in [0.29, 0.717) is 17.2 Å². The van der Waals surface area contributed by atoms with Gasteiger partial charge in [0.1, 0.15) is 0 Å². The van der Waals surface area contributed by atoms with Gasteiger partial charge in [-0.15, -0.1) is 0 Å². The normalized spacial score (nSPS) is 16.2. The zero-order valence-electron chi connectivity index (χ0n) is 9.41. The number of amides is 1. The largest absolute Gasteiger partial charge is 0.398 e. The van der Waals surface area contributed by atoms with Crippen molar-refractivity contribution in [2.24, 2.45) is 5.92 Å². The van der Waals surface area contributed by atoms with Crippen molar-refractivity contribution >= 4 is 11.6 Å². The van der Waals surface area contributed by atoms with Gasteiger partial charge in [0.05, 0.1) is 5.56 Å². The third-order valence-corrected chi connectivity index (χ3v) is 3.23. The molecule has 16 heavy (non-hydrogen) atoms. The van der Waals surface area contributed by atoms with Crippen molar-refractivity contribution in [1.82, 2.24) is 5.32 Å². The molecule has 86 valence electrons. The highest BCUT2D eigenvalue weighted by Gasteiger charge is 2.16. The lowest BCUT2D eigenvalue weighted by Gasteiger charge is -2.11. The molecule has 1 aromatic rings. The van der Waals surface area contributed by atoms with E-state index in [4.69, 9.17) is 5.73 Å². The molecule has 1 aromatic carbocycles. The number of anilines is 1. The number of nitrogen functional groups attached to an aromatic ring is 1. The van der Waals surface area contributed by atoms with Crippen LogP contribution < -0.4 is 11.1 Å². The van der Waals surface area contributed by atoms with Crippen molar-refractivity contribution in [1.29, 1.82) is 0 Å². The third kappa shape index (κ3) is 2.54. The van der Waals surface area contributed by atoms with Gasteiger partial charge in [-0.1, -0.05) is 25.0 Å². The molecule has 1 fully saturated rings. The molecule has 0 unspecified atom stereocenters. The Bertz CT molecular complexity index is 370. The Hall–Kier alpha value is -1.51. The Morgan fingerprint density at radius 3 is 2.69 bits per heavy atom. The highest BCUT2D eigenvalue weighted by atomic mass is 16.1. The molecule has 3 heteroatoms. The molecular weight excluding hydrogens is 200 g/mol. The molecule has 0 aliphatic heterocycles. The minimum atomic E-state index is -0.0509. The fourth-order valence-electron chi connectivity index (χ4n) is 2.25. The van der Waals surface area contributed by atoms with E-state index in [1.165, 1.54) is 25.7 Å². The molecule has 3 nitrogen and oxygen atoms in total. The van der Waals surface area contributed by atoms with Crippen molar-refractivity contribution in [3.8, 4) is 0 Å². The summed E-state index contributed by atoms with van der Waals surface area (Å²) >= 11 is 0. The van der Waals surface area contributed by atoms with Crippen LogP contribution in [0.5, 0.6) is 0 Å². The lowest BCUT2D eigenvalue weighted by Crippen LogP contribution is -2.28. The summed E-state index contributed by atoms with van der Waals surface area (Å²) in [6.45, 7) is 0.785. The predicted octanol–water partition coefficient (Wildman–Crippen LogP) is 2.19. The topological polar surface area (TPSA) is 55.1 Å². The number of carbonyl (C=O) groups is 1. The van der Waals surface area contributed by atoms with Crippen LogP contribution in [0.1, 0.15) is 36.0 Å². The van der Waals surface area contributed by atoms with Crippen molar-refractivity contribution in [3.63, 3.8) is 0 Å². The van der Waals surface area contributed by atoms with E-state index in [1.807, 2.05) is 12.1 Å². The zero-order chi connectivity index (χ0) is 11.4. The summed E-state index contributed by atoms with van der Waals surface area (Å²) in [5.41, 5.74) is 6.88. The van der Waals surface area contributed by atoms with E-state index in [1.54, 1.807) is 12.1 Å². The summed E-state index contributed by atoms with van der Waals surface area (Å²) in [5, 5.41) is 2.96. The predicted molar refractivity (Wildman–Crippen MR) is 65.1 cm³/mol. The highest BCUT2D eigenvalue weighted by molar-refractivity contribution is 5.99. The summed E-state index contributed by atoms with van der Waals surface area (Å²) in [5.74, 6) is 0.610. The fraction of sp³-hybridized carbons (Fsp3) is 0.462. The van der Waals surface area contributed by atoms with Gasteiger partial charge >= 0.3 is 0 Å². The quantitative estimate of drug-likeness (QED) is 0.764. The van der Waals surface area contributed by atoms with E-state index in [-0.39, 0.29) is 5.91 Å². The average Bonchev–Trinajstić information content (AvgIpc) is 2.79. The van der Waals surface area contributed by atoms with Crippen molar-refractivity contribution in [2.45, 2.75) is 25.7 Å². The standard InChI is InChI=1S/C13H18N2O/c14-12-8-4-3-7-11(12)13(16)15-9-10-5-1-2-6-10/h3-4,7-8,10H,1-2,5-6,9,14H2,(H,15,16). The first-order chi connectivity index (χ1) is 7.77. The van der Waals surface area contributed by atoms with E-state index in [0.717, 1.165) is 6.54 Å². The van der Waals surface area contributed by atoms with Gasteiger partial charge in [-0.25, -0.2) is 0 Å². The van der Waals surface area contributed by atoms with Gasteiger partial charge in [0.15, 0.2) is 0 Å². The Labute approximate surface area is 96.0 Å². The molecular formula is C13H18N2O. The monoisotopic (exact) mass is 218 g/mol. The van der Waals surface area contributed by atoms with E-state index in [9.17, 15) is 4.79 Å². The Kier molecular flexibility index (Phi) is 3.44. The molecule has 0 bridgehead atoms. The number of hydrogen-bond donors (Lipinski definition) is 2. The minimum Gasteiger partial charge on any atom is -0.398 e. The Morgan fingerprint density at radius 1 is 1.31 bits per heavy atom. The molecule has 0 aromatic heterocycles. The molecule has 0 saturated heterocycles. The number of hydrogen-bond acceptors (Lipinski definition) is 2. The van der Waals surface area contributed by atoms with E-state index >= 15 is 0 Å².